The van der Waals surface area contributed by atoms with Crippen molar-refractivity contribution >= 4 is 0 Å². The number of hydrogen-bond acceptors (Lipinski definition) is 2. The second kappa shape index (κ2) is 2.66. The van der Waals surface area contributed by atoms with Gasteiger partial charge in [-0.2, -0.15) is 0 Å². The Morgan fingerprint density at radius 2 is 1.87 bits per heavy atom. The summed E-state index contributed by atoms with van der Waals surface area (Å²) in [4.78, 5) is 0. The van der Waals surface area contributed by atoms with E-state index in [1.165, 1.54) is 5.56 Å². The van der Waals surface area contributed by atoms with E-state index in [1.54, 1.807) is 6.26 Å². The summed E-state index contributed by atoms with van der Waals surface area (Å²) in [5.74, 6) is 1.67. The Labute approximate surface area is 88.5 Å². The Bertz CT molecular complexity index is 509. The van der Waals surface area contributed by atoms with Gasteiger partial charge in [-0.15, -0.1) is 0 Å². The zero-order valence-corrected chi connectivity index (χ0v) is 8.78. The molecule has 1 aliphatic rings. The summed E-state index contributed by atoms with van der Waals surface area (Å²) in [5.41, 5.74) is 2.02. The minimum absolute atomic E-state index is 0.284. The number of furan rings is 1. The molecule has 0 radical (unpaired) electrons. The van der Waals surface area contributed by atoms with E-state index in [1.807, 2.05) is 18.2 Å². The third-order valence-corrected chi connectivity index (χ3v) is 2.81. The lowest BCUT2D eigenvalue weighted by atomic mass is 9.89. The molecule has 2 aromatic rings. The van der Waals surface area contributed by atoms with Crippen LogP contribution in [-0.2, 0) is 5.60 Å². The highest BCUT2D eigenvalue weighted by Crippen LogP contribution is 2.45. The van der Waals surface area contributed by atoms with E-state index in [9.17, 15) is 0 Å². The predicted octanol–water partition coefficient (Wildman–Crippen LogP) is 3.57. The van der Waals surface area contributed by atoms with Crippen LogP contribution in [0.2, 0.25) is 0 Å². The first-order chi connectivity index (χ1) is 7.18. The smallest absolute Gasteiger partial charge is 0.176 e. The van der Waals surface area contributed by atoms with Gasteiger partial charge in [-0.1, -0.05) is 24.3 Å². The van der Waals surface area contributed by atoms with Crippen molar-refractivity contribution in [3.05, 3.63) is 42.2 Å². The van der Waals surface area contributed by atoms with Crippen LogP contribution in [0.25, 0.3) is 11.3 Å². The molecule has 0 saturated heterocycles. The fraction of sp³-hybridized carbons (Fsp3) is 0.231. The highest BCUT2D eigenvalue weighted by molar-refractivity contribution is 5.71. The van der Waals surface area contributed by atoms with Crippen LogP contribution in [0.5, 0.6) is 5.75 Å². The quantitative estimate of drug-likeness (QED) is 0.648. The average Bonchev–Trinajstić information content (AvgIpc) is 2.65. The fourth-order valence-corrected chi connectivity index (χ4v) is 2.11. The summed E-state index contributed by atoms with van der Waals surface area (Å²) < 4.78 is 11.3. The summed E-state index contributed by atoms with van der Waals surface area (Å²) in [7, 11) is 0. The van der Waals surface area contributed by atoms with Gasteiger partial charge in [0, 0.05) is 17.2 Å². The van der Waals surface area contributed by atoms with Crippen molar-refractivity contribution in [1.82, 2.24) is 0 Å². The third-order valence-electron chi connectivity index (χ3n) is 2.81. The van der Waals surface area contributed by atoms with Crippen LogP contribution in [0.3, 0.4) is 0 Å². The van der Waals surface area contributed by atoms with Gasteiger partial charge >= 0.3 is 0 Å². The van der Waals surface area contributed by atoms with Crippen LogP contribution in [0.15, 0.2) is 41.0 Å². The van der Waals surface area contributed by atoms with Crippen molar-refractivity contribution in [2.45, 2.75) is 19.4 Å². The molecule has 1 aliphatic heterocycles. The van der Waals surface area contributed by atoms with E-state index in [-0.39, 0.29) is 5.60 Å². The van der Waals surface area contributed by atoms with E-state index >= 15 is 0 Å². The maximum atomic E-state index is 5.89. The second-order valence-corrected chi connectivity index (χ2v) is 4.27. The second-order valence-electron chi connectivity index (χ2n) is 4.27. The molecule has 2 heterocycles. The summed E-state index contributed by atoms with van der Waals surface area (Å²) in [5, 5.41) is 0. The van der Waals surface area contributed by atoms with Gasteiger partial charge in [0.05, 0.1) is 6.26 Å². The number of fused-ring (bicyclic) bond motifs is 3. The van der Waals surface area contributed by atoms with Gasteiger partial charge in [-0.25, -0.2) is 0 Å². The zero-order chi connectivity index (χ0) is 10.5. The van der Waals surface area contributed by atoms with Crippen molar-refractivity contribution in [2.75, 3.05) is 0 Å². The molecular formula is C13H12O2. The highest BCUT2D eigenvalue weighted by atomic mass is 16.5. The highest BCUT2D eigenvalue weighted by Gasteiger charge is 2.33. The van der Waals surface area contributed by atoms with Crippen molar-refractivity contribution in [3.63, 3.8) is 0 Å². The third kappa shape index (κ3) is 1.11. The molecule has 0 amide bonds. The van der Waals surface area contributed by atoms with Crippen LogP contribution < -0.4 is 4.74 Å². The zero-order valence-electron chi connectivity index (χ0n) is 8.78. The number of ether oxygens (including phenoxy) is 1. The summed E-state index contributed by atoms with van der Waals surface area (Å²) in [6.45, 7) is 4.14. The maximum absolute atomic E-state index is 5.89. The standard InChI is InChI=1S/C13H12O2/c1-13(2)10-6-4-3-5-9(10)12-11(15-13)7-8-14-12/h3-8H,1-2H3. The predicted molar refractivity (Wildman–Crippen MR) is 57.8 cm³/mol. The lowest BCUT2D eigenvalue weighted by Gasteiger charge is -2.32. The minimum atomic E-state index is -0.284. The van der Waals surface area contributed by atoms with E-state index in [0.717, 1.165) is 17.1 Å². The number of rotatable bonds is 0. The first-order valence-electron chi connectivity index (χ1n) is 5.05. The Balaban J connectivity index is 2.34. The van der Waals surface area contributed by atoms with Crippen molar-refractivity contribution in [3.8, 4) is 17.1 Å². The van der Waals surface area contributed by atoms with E-state index in [4.69, 9.17) is 9.15 Å². The van der Waals surface area contributed by atoms with Crippen LogP contribution >= 0.6 is 0 Å². The molecule has 2 heteroatoms. The lowest BCUT2D eigenvalue weighted by molar-refractivity contribution is 0.104. The normalized spacial score (nSPS) is 16.4. The van der Waals surface area contributed by atoms with Crippen LogP contribution in [0.1, 0.15) is 19.4 Å². The van der Waals surface area contributed by atoms with Crippen LogP contribution in [0.4, 0.5) is 0 Å². The molecule has 0 aliphatic carbocycles. The Hall–Kier alpha value is -1.70. The van der Waals surface area contributed by atoms with E-state index < -0.39 is 0 Å². The van der Waals surface area contributed by atoms with E-state index in [0.29, 0.717) is 0 Å². The molecule has 0 fully saturated rings. The van der Waals surface area contributed by atoms with E-state index in [2.05, 4.69) is 26.0 Å². The van der Waals surface area contributed by atoms with Crippen LogP contribution in [-0.4, -0.2) is 0 Å². The van der Waals surface area contributed by atoms with Gasteiger partial charge in [0.1, 0.15) is 5.60 Å². The number of hydrogen-bond donors (Lipinski definition) is 0. The largest absolute Gasteiger partial charge is 0.479 e. The molecule has 3 rings (SSSR count). The average molecular weight is 200 g/mol. The fourth-order valence-electron chi connectivity index (χ4n) is 2.11. The van der Waals surface area contributed by atoms with Crippen molar-refractivity contribution in [2.24, 2.45) is 0 Å². The van der Waals surface area contributed by atoms with Gasteiger partial charge in [-0.3, -0.25) is 0 Å². The SMILES string of the molecule is CC1(C)Oc2ccoc2-c2ccccc21. The molecular weight excluding hydrogens is 188 g/mol. The number of benzene rings is 1. The molecule has 2 nitrogen and oxygen atoms in total. The molecule has 0 N–H and O–H groups in total. The summed E-state index contributed by atoms with van der Waals surface area (Å²) in [6.07, 6.45) is 1.67. The molecule has 0 saturated carbocycles. The monoisotopic (exact) mass is 200 g/mol. The van der Waals surface area contributed by atoms with Crippen molar-refractivity contribution in [1.29, 1.82) is 0 Å². The Kier molecular flexibility index (Phi) is 1.52. The van der Waals surface area contributed by atoms with Gasteiger partial charge in [0.15, 0.2) is 11.5 Å². The first kappa shape index (κ1) is 8.60. The molecule has 0 atom stereocenters. The van der Waals surface area contributed by atoms with Gasteiger partial charge in [0.25, 0.3) is 0 Å². The summed E-state index contributed by atoms with van der Waals surface area (Å²) >= 11 is 0. The Morgan fingerprint density at radius 1 is 1.07 bits per heavy atom. The molecule has 76 valence electrons. The Morgan fingerprint density at radius 3 is 2.73 bits per heavy atom. The maximum Gasteiger partial charge on any atom is 0.176 e. The lowest BCUT2D eigenvalue weighted by Crippen LogP contribution is -2.28. The van der Waals surface area contributed by atoms with Crippen molar-refractivity contribution < 1.29 is 9.15 Å². The first-order valence-corrected chi connectivity index (χ1v) is 5.05. The molecule has 1 aromatic carbocycles. The molecule has 0 spiro atoms. The minimum Gasteiger partial charge on any atom is -0.479 e. The summed E-state index contributed by atoms with van der Waals surface area (Å²) in [6, 6.07) is 10.1. The van der Waals surface area contributed by atoms with Gasteiger partial charge < -0.3 is 9.15 Å². The molecule has 0 unspecified atom stereocenters. The topological polar surface area (TPSA) is 22.4 Å². The van der Waals surface area contributed by atoms with Gasteiger partial charge in [0.2, 0.25) is 0 Å². The molecule has 1 aromatic heterocycles. The molecule has 0 bridgehead atoms. The molecule has 15 heavy (non-hydrogen) atoms. The van der Waals surface area contributed by atoms with Crippen LogP contribution in [0, 0.1) is 0 Å². The van der Waals surface area contributed by atoms with Gasteiger partial charge in [-0.05, 0) is 13.8 Å².